The minimum Gasteiger partial charge on any atom is -0.459 e. The van der Waals surface area contributed by atoms with Gasteiger partial charge in [-0.3, -0.25) is 9.78 Å². The van der Waals surface area contributed by atoms with Crippen molar-refractivity contribution in [2.45, 2.75) is 18.6 Å². The van der Waals surface area contributed by atoms with E-state index in [9.17, 15) is 9.18 Å². The zero-order valence-electron chi connectivity index (χ0n) is 14.7. The summed E-state index contributed by atoms with van der Waals surface area (Å²) >= 11 is 0. The van der Waals surface area contributed by atoms with Crippen LogP contribution in [-0.2, 0) is 15.0 Å². The molecule has 1 amide bonds. The number of nitrogens with two attached hydrogens (primary N) is 1. The number of ether oxygens (including phenoxy) is 2. The number of nitrogens with zero attached hydrogens (tertiary/aromatic N) is 2. The molecule has 2 aromatic rings. The SMILES string of the molecule is CC1(c2cc(NC(=O)c3ccccn3)ccc2F)N=C(N)OC2COCC21. The molecular formula is C19H19FN4O3. The minimum absolute atomic E-state index is 0.00609. The lowest BCUT2D eigenvalue weighted by molar-refractivity contribution is 0.0817. The van der Waals surface area contributed by atoms with Crippen molar-refractivity contribution in [3.63, 3.8) is 0 Å². The number of halogens is 1. The maximum Gasteiger partial charge on any atom is 0.283 e. The van der Waals surface area contributed by atoms with E-state index < -0.39 is 11.4 Å². The molecule has 3 heterocycles. The zero-order valence-corrected chi connectivity index (χ0v) is 14.7. The number of pyridine rings is 1. The van der Waals surface area contributed by atoms with Gasteiger partial charge in [0.25, 0.3) is 11.9 Å². The number of amidine groups is 1. The van der Waals surface area contributed by atoms with Crippen molar-refractivity contribution in [1.29, 1.82) is 0 Å². The maximum atomic E-state index is 14.7. The van der Waals surface area contributed by atoms with Crippen LogP contribution in [0.4, 0.5) is 10.1 Å². The molecule has 1 saturated heterocycles. The molecule has 0 bridgehead atoms. The molecule has 27 heavy (non-hydrogen) atoms. The molecule has 1 aromatic carbocycles. The first-order valence-corrected chi connectivity index (χ1v) is 8.59. The van der Waals surface area contributed by atoms with Crippen LogP contribution in [0.1, 0.15) is 23.0 Å². The summed E-state index contributed by atoms with van der Waals surface area (Å²) in [5.41, 5.74) is 5.90. The molecule has 0 saturated carbocycles. The van der Waals surface area contributed by atoms with Crippen LogP contribution in [0.5, 0.6) is 0 Å². The highest BCUT2D eigenvalue weighted by molar-refractivity contribution is 6.02. The predicted octanol–water partition coefficient (Wildman–Crippen LogP) is 2.05. The first kappa shape index (κ1) is 17.4. The van der Waals surface area contributed by atoms with E-state index in [1.807, 2.05) is 0 Å². The Morgan fingerprint density at radius 1 is 1.33 bits per heavy atom. The number of carbonyl (C=O) groups is 1. The van der Waals surface area contributed by atoms with Crippen LogP contribution in [0.25, 0.3) is 0 Å². The summed E-state index contributed by atoms with van der Waals surface area (Å²) in [6, 6.07) is 9.43. The van der Waals surface area contributed by atoms with Crippen molar-refractivity contribution >= 4 is 17.6 Å². The van der Waals surface area contributed by atoms with Gasteiger partial charge in [-0.15, -0.1) is 0 Å². The van der Waals surface area contributed by atoms with Gasteiger partial charge >= 0.3 is 0 Å². The molecule has 0 aliphatic carbocycles. The Kier molecular flexibility index (Phi) is 4.27. The topological polar surface area (TPSA) is 98.8 Å². The van der Waals surface area contributed by atoms with Gasteiger partial charge in [-0.2, -0.15) is 0 Å². The highest BCUT2D eigenvalue weighted by Crippen LogP contribution is 2.43. The molecule has 2 aliphatic rings. The second-order valence-electron chi connectivity index (χ2n) is 6.76. The first-order chi connectivity index (χ1) is 13.0. The lowest BCUT2D eigenvalue weighted by atomic mass is 9.77. The van der Waals surface area contributed by atoms with E-state index >= 15 is 0 Å². The maximum absolute atomic E-state index is 14.7. The van der Waals surface area contributed by atoms with Crippen molar-refractivity contribution in [3.05, 3.63) is 59.7 Å². The van der Waals surface area contributed by atoms with E-state index in [1.165, 1.54) is 18.3 Å². The monoisotopic (exact) mass is 370 g/mol. The van der Waals surface area contributed by atoms with Crippen molar-refractivity contribution < 1.29 is 18.7 Å². The van der Waals surface area contributed by atoms with Crippen molar-refractivity contribution in [3.8, 4) is 0 Å². The van der Waals surface area contributed by atoms with Crippen LogP contribution in [0.15, 0.2) is 47.6 Å². The number of fused-ring (bicyclic) bond motifs is 1. The summed E-state index contributed by atoms with van der Waals surface area (Å²) in [7, 11) is 0. The third-order valence-corrected chi connectivity index (χ3v) is 5.03. The van der Waals surface area contributed by atoms with E-state index in [0.717, 1.165) is 0 Å². The average Bonchev–Trinajstić information content (AvgIpc) is 3.13. The number of hydrogen-bond acceptors (Lipinski definition) is 6. The molecule has 0 radical (unpaired) electrons. The van der Waals surface area contributed by atoms with Crippen molar-refractivity contribution in [1.82, 2.24) is 4.98 Å². The van der Waals surface area contributed by atoms with Gasteiger partial charge in [-0.05, 0) is 37.3 Å². The summed E-state index contributed by atoms with van der Waals surface area (Å²) in [6.07, 6.45) is 1.25. The van der Waals surface area contributed by atoms with Gasteiger partial charge in [0, 0.05) is 17.4 Å². The first-order valence-electron chi connectivity index (χ1n) is 8.59. The van der Waals surface area contributed by atoms with E-state index in [2.05, 4.69) is 15.3 Å². The number of nitrogens with one attached hydrogen (secondary N) is 1. The Labute approximate surface area is 155 Å². The number of aromatic nitrogens is 1. The van der Waals surface area contributed by atoms with Gasteiger partial charge in [0.05, 0.1) is 24.7 Å². The van der Waals surface area contributed by atoms with Gasteiger partial charge in [0.15, 0.2) is 0 Å². The van der Waals surface area contributed by atoms with Crippen LogP contribution in [0.2, 0.25) is 0 Å². The van der Waals surface area contributed by atoms with Gasteiger partial charge in [-0.1, -0.05) is 6.07 Å². The molecule has 3 N–H and O–H groups in total. The normalized spacial score (nSPS) is 26.7. The third-order valence-electron chi connectivity index (χ3n) is 5.03. The summed E-state index contributed by atoms with van der Waals surface area (Å²) in [5.74, 6) is -0.992. The zero-order chi connectivity index (χ0) is 19.0. The van der Waals surface area contributed by atoms with Crippen LogP contribution in [0, 0.1) is 11.7 Å². The fraction of sp³-hybridized carbons (Fsp3) is 0.316. The molecular weight excluding hydrogens is 351 g/mol. The van der Waals surface area contributed by atoms with E-state index in [-0.39, 0.29) is 29.6 Å². The van der Waals surface area contributed by atoms with Crippen molar-refractivity contribution in [2.24, 2.45) is 16.6 Å². The van der Waals surface area contributed by atoms with Gasteiger partial charge < -0.3 is 20.5 Å². The Hall–Kier alpha value is -3.00. The van der Waals surface area contributed by atoms with Gasteiger partial charge in [-0.25, -0.2) is 9.38 Å². The average molecular weight is 370 g/mol. The number of rotatable bonds is 3. The van der Waals surface area contributed by atoms with Gasteiger partial charge in [0.1, 0.15) is 17.6 Å². The Morgan fingerprint density at radius 2 is 2.19 bits per heavy atom. The van der Waals surface area contributed by atoms with E-state index in [1.54, 1.807) is 31.2 Å². The Morgan fingerprint density at radius 3 is 2.96 bits per heavy atom. The van der Waals surface area contributed by atoms with Crippen LogP contribution >= 0.6 is 0 Å². The molecule has 3 unspecified atom stereocenters. The van der Waals surface area contributed by atoms with Crippen LogP contribution < -0.4 is 11.1 Å². The number of amides is 1. The molecule has 3 atom stereocenters. The summed E-state index contributed by atoms with van der Waals surface area (Å²) in [5, 5.41) is 2.74. The van der Waals surface area contributed by atoms with Gasteiger partial charge in [0.2, 0.25) is 0 Å². The smallest absolute Gasteiger partial charge is 0.283 e. The molecule has 0 spiro atoms. The largest absolute Gasteiger partial charge is 0.459 e. The predicted molar refractivity (Wildman–Crippen MR) is 96.7 cm³/mol. The second-order valence-corrected chi connectivity index (χ2v) is 6.76. The fourth-order valence-electron chi connectivity index (χ4n) is 3.61. The number of anilines is 1. The lowest BCUT2D eigenvalue weighted by Crippen LogP contribution is -2.47. The summed E-state index contributed by atoms with van der Waals surface area (Å²) < 4.78 is 25.7. The Balaban J connectivity index is 1.68. The molecule has 7 nitrogen and oxygen atoms in total. The van der Waals surface area contributed by atoms with Crippen molar-refractivity contribution in [2.75, 3.05) is 18.5 Å². The molecule has 1 fully saturated rings. The number of aliphatic imine (C=N–C) groups is 1. The van der Waals surface area contributed by atoms with Crippen LogP contribution in [0.3, 0.4) is 0 Å². The second kappa shape index (κ2) is 6.62. The molecule has 140 valence electrons. The number of benzene rings is 1. The van der Waals surface area contributed by atoms with E-state index in [0.29, 0.717) is 24.5 Å². The van der Waals surface area contributed by atoms with E-state index in [4.69, 9.17) is 15.2 Å². The fourth-order valence-corrected chi connectivity index (χ4v) is 3.61. The number of carbonyl (C=O) groups excluding carboxylic acids is 1. The molecule has 2 aliphatic heterocycles. The summed E-state index contributed by atoms with van der Waals surface area (Å²) in [4.78, 5) is 20.8. The minimum atomic E-state index is -0.959. The standard InChI is InChI=1S/C19H19FN4O3/c1-19(13-9-26-10-16(13)27-18(21)24-19)12-8-11(5-6-14(12)20)23-17(25)15-4-2-3-7-22-15/h2-8,13,16H,9-10H2,1H3,(H2,21,24)(H,23,25). The lowest BCUT2D eigenvalue weighted by Gasteiger charge is -2.38. The molecule has 8 heteroatoms. The molecule has 4 rings (SSSR count). The summed E-state index contributed by atoms with van der Waals surface area (Å²) in [6.45, 7) is 2.58. The third kappa shape index (κ3) is 3.12. The highest BCUT2D eigenvalue weighted by Gasteiger charge is 2.50. The highest BCUT2D eigenvalue weighted by atomic mass is 19.1. The quantitative estimate of drug-likeness (QED) is 0.862. The Bertz CT molecular complexity index is 905. The van der Waals surface area contributed by atoms with Crippen LogP contribution in [-0.4, -0.2) is 36.2 Å². The molecule has 1 aromatic heterocycles. The number of hydrogen-bond donors (Lipinski definition) is 2.